The van der Waals surface area contributed by atoms with Gasteiger partial charge in [0.1, 0.15) is 0 Å². The molecule has 0 unspecified atom stereocenters. The molecule has 2 amide bonds. The summed E-state index contributed by atoms with van der Waals surface area (Å²) in [7, 11) is 4.26. The fraction of sp³-hybridized carbons (Fsp3) is 0.440. The van der Waals surface area contributed by atoms with Gasteiger partial charge >= 0.3 is 11.8 Å². The van der Waals surface area contributed by atoms with E-state index in [-0.39, 0.29) is 6.04 Å². The van der Waals surface area contributed by atoms with Crippen molar-refractivity contribution in [3.05, 3.63) is 59.2 Å². The number of aryl methyl sites for hydroxylation is 1. The lowest BCUT2D eigenvalue weighted by molar-refractivity contribution is -0.136. The second-order valence-corrected chi connectivity index (χ2v) is 8.89. The molecule has 1 saturated heterocycles. The first-order valence-corrected chi connectivity index (χ1v) is 11.3. The summed E-state index contributed by atoms with van der Waals surface area (Å²) in [4.78, 5) is 32.1. The third kappa shape index (κ3) is 4.95. The van der Waals surface area contributed by atoms with E-state index in [1.54, 1.807) is 6.07 Å². The standard InChI is InChI=1S/C25H33N5O2/c1-18-6-4-5-7-21(18)27-25(32)24(31)26-17-23(30-14-12-28(2)13-15-30)19-8-9-22-20(16-19)10-11-29(22)3/h4-9,16,23H,10-15,17H2,1-3H3,(H,26,31)(H,27,32)/t23-/m1/s1. The van der Waals surface area contributed by atoms with Crippen molar-refractivity contribution in [1.82, 2.24) is 15.1 Å². The maximum absolute atomic E-state index is 12.6. The van der Waals surface area contributed by atoms with Crippen LogP contribution in [0.15, 0.2) is 42.5 Å². The van der Waals surface area contributed by atoms with Crippen molar-refractivity contribution in [2.45, 2.75) is 19.4 Å². The maximum Gasteiger partial charge on any atom is 0.313 e. The second kappa shape index (κ2) is 9.71. The molecule has 170 valence electrons. The third-order valence-electron chi connectivity index (χ3n) is 6.65. The van der Waals surface area contributed by atoms with Gasteiger partial charge in [0, 0.05) is 57.7 Å². The number of amides is 2. The zero-order valence-corrected chi connectivity index (χ0v) is 19.2. The fourth-order valence-electron chi connectivity index (χ4n) is 4.55. The number of nitrogens with zero attached hydrogens (tertiary/aromatic N) is 3. The van der Waals surface area contributed by atoms with Crippen LogP contribution in [0.1, 0.15) is 22.7 Å². The van der Waals surface area contributed by atoms with E-state index in [1.165, 1.54) is 16.8 Å². The Bertz CT molecular complexity index is 984. The predicted octanol–water partition coefficient (Wildman–Crippen LogP) is 2.03. The van der Waals surface area contributed by atoms with Crippen molar-refractivity contribution >= 4 is 23.2 Å². The third-order valence-corrected chi connectivity index (χ3v) is 6.65. The smallest absolute Gasteiger partial charge is 0.313 e. The van der Waals surface area contributed by atoms with Crippen LogP contribution in [0.3, 0.4) is 0 Å². The van der Waals surface area contributed by atoms with E-state index in [0.717, 1.165) is 44.7 Å². The van der Waals surface area contributed by atoms with Crippen LogP contribution in [0.25, 0.3) is 0 Å². The summed E-state index contributed by atoms with van der Waals surface area (Å²) >= 11 is 0. The summed E-state index contributed by atoms with van der Waals surface area (Å²) in [5.74, 6) is -1.24. The summed E-state index contributed by atoms with van der Waals surface area (Å²) in [5.41, 5.74) is 5.42. The van der Waals surface area contributed by atoms with E-state index in [1.807, 2.05) is 25.1 Å². The number of rotatable bonds is 5. The average molecular weight is 436 g/mol. The van der Waals surface area contributed by atoms with Crippen LogP contribution in [0.4, 0.5) is 11.4 Å². The highest BCUT2D eigenvalue weighted by atomic mass is 16.2. The predicted molar refractivity (Wildman–Crippen MR) is 128 cm³/mol. The Hall–Kier alpha value is -2.90. The molecule has 2 aromatic rings. The van der Waals surface area contributed by atoms with Gasteiger partial charge in [-0.1, -0.05) is 30.3 Å². The average Bonchev–Trinajstić information content (AvgIpc) is 3.16. The Kier molecular flexibility index (Phi) is 6.77. The number of benzene rings is 2. The molecular weight excluding hydrogens is 402 g/mol. The normalized spacial score (nSPS) is 17.7. The topological polar surface area (TPSA) is 67.9 Å². The Balaban J connectivity index is 1.46. The van der Waals surface area contributed by atoms with Crippen LogP contribution < -0.4 is 15.5 Å². The van der Waals surface area contributed by atoms with Crippen LogP contribution in [0.5, 0.6) is 0 Å². The van der Waals surface area contributed by atoms with Crippen molar-refractivity contribution in [2.24, 2.45) is 0 Å². The molecule has 0 bridgehead atoms. The van der Waals surface area contributed by atoms with Crippen LogP contribution in [-0.4, -0.2) is 75.0 Å². The van der Waals surface area contributed by atoms with Gasteiger partial charge in [0.25, 0.3) is 0 Å². The van der Waals surface area contributed by atoms with Gasteiger partial charge < -0.3 is 20.4 Å². The minimum absolute atomic E-state index is 0.0371. The Morgan fingerprint density at radius 2 is 1.72 bits per heavy atom. The van der Waals surface area contributed by atoms with E-state index in [9.17, 15) is 9.59 Å². The van der Waals surface area contributed by atoms with E-state index < -0.39 is 11.8 Å². The van der Waals surface area contributed by atoms with Crippen LogP contribution in [0.2, 0.25) is 0 Å². The Morgan fingerprint density at radius 1 is 0.969 bits per heavy atom. The number of para-hydroxylation sites is 1. The van der Waals surface area contributed by atoms with E-state index in [4.69, 9.17) is 0 Å². The summed E-state index contributed by atoms with van der Waals surface area (Å²) in [6.07, 6.45) is 1.04. The number of carbonyl (C=O) groups is 2. The summed E-state index contributed by atoms with van der Waals surface area (Å²) in [6, 6.07) is 14.1. The van der Waals surface area contributed by atoms with Gasteiger partial charge in [-0.2, -0.15) is 0 Å². The lowest BCUT2D eigenvalue weighted by Crippen LogP contribution is -2.49. The maximum atomic E-state index is 12.6. The highest BCUT2D eigenvalue weighted by Gasteiger charge is 2.27. The van der Waals surface area contributed by atoms with Crippen LogP contribution >= 0.6 is 0 Å². The highest BCUT2D eigenvalue weighted by Crippen LogP contribution is 2.31. The first kappa shape index (κ1) is 22.3. The summed E-state index contributed by atoms with van der Waals surface area (Å²) in [5, 5.41) is 5.61. The van der Waals surface area contributed by atoms with Crippen molar-refractivity contribution < 1.29 is 9.59 Å². The first-order chi connectivity index (χ1) is 15.4. The number of hydrogen-bond acceptors (Lipinski definition) is 5. The molecule has 2 aliphatic heterocycles. The molecule has 4 rings (SSSR count). The zero-order valence-electron chi connectivity index (χ0n) is 19.2. The minimum atomic E-state index is -0.632. The quantitative estimate of drug-likeness (QED) is 0.704. The Morgan fingerprint density at radius 3 is 2.47 bits per heavy atom. The SMILES string of the molecule is Cc1ccccc1NC(=O)C(=O)NC[C@H](c1ccc2c(c1)CCN2C)N1CCN(C)CC1. The van der Waals surface area contributed by atoms with Gasteiger partial charge in [-0.05, 0) is 49.2 Å². The highest BCUT2D eigenvalue weighted by molar-refractivity contribution is 6.39. The summed E-state index contributed by atoms with van der Waals surface area (Å²) < 4.78 is 0. The molecule has 2 aliphatic rings. The van der Waals surface area contributed by atoms with E-state index in [2.05, 4.69) is 57.6 Å². The molecule has 7 heteroatoms. The summed E-state index contributed by atoms with van der Waals surface area (Å²) in [6.45, 7) is 7.19. The molecule has 2 N–H and O–H groups in total. The lowest BCUT2D eigenvalue weighted by Gasteiger charge is -2.38. The van der Waals surface area contributed by atoms with Crippen molar-refractivity contribution in [3.8, 4) is 0 Å². The molecule has 0 aromatic heterocycles. The van der Waals surface area contributed by atoms with Gasteiger partial charge in [0.2, 0.25) is 0 Å². The molecule has 0 radical (unpaired) electrons. The van der Waals surface area contributed by atoms with Gasteiger partial charge in [-0.25, -0.2) is 0 Å². The van der Waals surface area contributed by atoms with Gasteiger partial charge in [0.05, 0.1) is 6.04 Å². The van der Waals surface area contributed by atoms with E-state index >= 15 is 0 Å². The molecule has 1 atom stereocenters. The number of anilines is 2. The number of nitrogens with one attached hydrogen (secondary N) is 2. The first-order valence-electron chi connectivity index (χ1n) is 11.3. The van der Waals surface area contributed by atoms with Gasteiger partial charge in [-0.15, -0.1) is 0 Å². The van der Waals surface area contributed by atoms with Crippen molar-refractivity contribution in [3.63, 3.8) is 0 Å². The lowest BCUT2D eigenvalue weighted by atomic mass is 10.00. The van der Waals surface area contributed by atoms with Gasteiger partial charge in [-0.3, -0.25) is 14.5 Å². The molecule has 0 spiro atoms. The second-order valence-electron chi connectivity index (χ2n) is 8.89. The largest absolute Gasteiger partial charge is 0.374 e. The number of carbonyl (C=O) groups excluding carboxylic acids is 2. The molecule has 0 saturated carbocycles. The molecule has 2 aromatic carbocycles. The Labute approximate surface area is 190 Å². The number of fused-ring (bicyclic) bond motifs is 1. The van der Waals surface area contributed by atoms with E-state index in [0.29, 0.717) is 12.2 Å². The number of likely N-dealkylation sites (N-methyl/N-ethyl adjacent to an activating group) is 2. The van der Waals surface area contributed by atoms with Crippen LogP contribution in [0, 0.1) is 6.92 Å². The number of piperazine rings is 1. The molecule has 32 heavy (non-hydrogen) atoms. The molecule has 0 aliphatic carbocycles. The van der Waals surface area contributed by atoms with Gasteiger partial charge in [0.15, 0.2) is 0 Å². The van der Waals surface area contributed by atoms with Crippen molar-refractivity contribution in [2.75, 3.05) is 63.6 Å². The van der Waals surface area contributed by atoms with Crippen molar-refractivity contribution in [1.29, 1.82) is 0 Å². The monoisotopic (exact) mass is 435 g/mol. The molecular formula is C25H33N5O2. The molecule has 7 nitrogen and oxygen atoms in total. The molecule has 2 heterocycles. The number of hydrogen-bond donors (Lipinski definition) is 2. The molecule has 1 fully saturated rings. The minimum Gasteiger partial charge on any atom is -0.374 e. The van der Waals surface area contributed by atoms with Crippen LogP contribution in [-0.2, 0) is 16.0 Å². The fourth-order valence-corrected chi connectivity index (χ4v) is 4.55. The zero-order chi connectivity index (χ0) is 22.7.